The van der Waals surface area contributed by atoms with E-state index in [1.165, 1.54) is 27.1 Å². The Labute approximate surface area is 157 Å². The van der Waals surface area contributed by atoms with Crippen molar-refractivity contribution < 1.29 is 4.79 Å². The number of aryl methyl sites for hydroxylation is 3. The van der Waals surface area contributed by atoms with Crippen LogP contribution in [0.1, 0.15) is 38.3 Å². The van der Waals surface area contributed by atoms with E-state index < -0.39 is 0 Å². The molecule has 4 nitrogen and oxygen atoms in total. The van der Waals surface area contributed by atoms with Gasteiger partial charge in [-0.25, -0.2) is 4.98 Å². The predicted octanol–water partition coefficient (Wildman–Crippen LogP) is 4.08. The second kappa shape index (κ2) is 6.70. The van der Waals surface area contributed by atoms with Gasteiger partial charge in [-0.15, -0.1) is 22.7 Å². The lowest BCUT2D eigenvalue weighted by molar-refractivity contribution is 0.102. The molecule has 4 rings (SSSR count). The van der Waals surface area contributed by atoms with Crippen molar-refractivity contribution in [1.82, 2.24) is 9.55 Å². The van der Waals surface area contributed by atoms with Crippen LogP contribution >= 0.6 is 34.4 Å². The number of carbonyl (C=O) groups is 1. The van der Waals surface area contributed by atoms with Crippen LogP contribution in [0.4, 0.5) is 0 Å². The Morgan fingerprint density at radius 3 is 2.92 bits per heavy atom. The van der Waals surface area contributed by atoms with Gasteiger partial charge in [-0.05, 0) is 43.4 Å². The van der Waals surface area contributed by atoms with Crippen molar-refractivity contribution in [3.63, 3.8) is 0 Å². The molecule has 0 aliphatic heterocycles. The zero-order chi connectivity index (χ0) is 17.6. The molecule has 0 amide bonds. The maximum absolute atomic E-state index is 12.8. The number of hydrogen-bond donors (Lipinski definition) is 0. The average molecular weight is 391 g/mol. The summed E-state index contributed by atoms with van der Waals surface area (Å²) in [7, 11) is 1.75. The fourth-order valence-corrected chi connectivity index (χ4v) is 6.29. The molecule has 0 atom stereocenters. The summed E-state index contributed by atoms with van der Waals surface area (Å²) in [5.41, 5.74) is 1.22. The van der Waals surface area contributed by atoms with Crippen LogP contribution in [0.15, 0.2) is 22.1 Å². The van der Waals surface area contributed by atoms with Gasteiger partial charge >= 0.3 is 0 Å². The summed E-state index contributed by atoms with van der Waals surface area (Å²) in [6, 6.07) is 3.90. The number of carbonyl (C=O) groups excluding carboxylic acids is 1. The molecule has 0 bridgehead atoms. The van der Waals surface area contributed by atoms with Gasteiger partial charge in [0.25, 0.3) is 5.56 Å². The van der Waals surface area contributed by atoms with Gasteiger partial charge in [0, 0.05) is 16.8 Å². The average Bonchev–Trinajstić information content (AvgIpc) is 3.31. The van der Waals surface area contributed by atoms with Crippen molar-refractivity contribution in [2.75, 3.05) is 5.75 Å². The molecular weight excluding hydrogens is 372 g/mol. The first-order valence-electron chi connectivity index (χ1n) is 8.34. The van der Waals surface area contributed by atoms with E-state index in [9.17, 15) is 9.59 Å². The van der Waals surface area contributed by atoms with Crippen molar-refractivity contribution in [3.05, 3.63) is 42.7 Å². The van der Waals surface area contributed by atoms with Crippen LogP contribution in [0.3, 0.4) is 0 Å². The van der Waals surface area contributed by atoms with E-state index in [1.54, 1.807) is 34.3 Å². The van der Waals surface area contributed by atoms with E-state index in [2.05, 4.69) is 11.9 Å². The molecule has 1 aliphatic carbocycles. The van der Waals surface area contributed by atoms with Crippen LogP contribution in [-0.4, -0.2) is 21.1 Å². The number of hydrogen-bond acceptors (Lipinski definition) is 6. The first-order valence-corrected chi connectivity index (χ1v) is 11.0. The molecule has 1 aliphatic rings. The molecule has 7 heteroatoms. The lowest BCUT2D eigenvalue weighted by atomic mass is 10.2. The van der Waals surface area contributed by atoms with Crippen LogP contribution in [0, 0.1) is 0 Å². The van der Waals surface area contributed by atoms with Crippen LogP contribution in [0.5, 0.6) is 0 Å². The van der Waals surface area contributed by atoms with E-state index in [0.717, 1.165) is 40.8 Å². The highest BCUT2D eigenvalue weighted by atomic mass is 32.2. The maximum atomic E-state index is 12.8. The summed E-state index contributed by atoms with van der Waals surface area (Å²) in [5, 5.41) is 1.42. The summed E-state index contributed by atoms with van der Waals surface area (Å²) >= 11 is 4.54. The highest BCUT2D eigenvalue weighted by Crippen LogP contribution is 2.35. The Kier molecular flexibility index (Phi) is 4.56. The Bertz CT molecular complexity index is 1030. The monoisotopic (exact) mass is 390 g/mol. The number of ketones is 1. The van der Waals surface area contributed by atoms with Crippen molar-refractivity contribution in [2.45, 2.75) is 37.8 Å². The number of thioether (sulfide) groups is 1. The Morgan fingerprint density at radius 2 is 2.16 bits per heavy atom. The molecule has 130 valence electrons. The molecule has 3 heterocycles. The Hall–Kier alpha value is -1.44. The second-order valence-electron chi connectivity index (χ2n) is 6.13. The lowest BCUT2D eigenvalue weighted by Crippen LogP contribution is -2.20. The smallest absolute Gasteiger partial charge is 0.262 e. The molecule has 0 unspecified atom stereocenters. The third-order valence-corrected chi connectivity index (χ3v) is 8.01. The van der Waals surface area contributed by atoms with Crippen LogP contribution < -0.4 is 5.56 Å². The van der Waals surface area contributed by atoms with Gasteiger partial charge in [0.05, 0.1) is 16.0 Å². The summed E-state index contributed by atoms with van der Waals surface area (Å²) in [4.78, 5) is 34.0. The molecule has 0 N–H and O–H groups in total. The number of Topliss-reactive ketones (excluding diaryl/α,β-unsaturated/α-hetero) is 1. The summed E-state index contributed by atoms with van der Waals surface area (Å²) in [6.45, 7) is 2.09. The highest BCUT2D eigenvalue weighted by Gasteiger charge is 2.22. The topological polar surface area (TPSA) is 52.0 Å². The van der Waals surface area contributed by atoms with Crippen LogP contribution in [-0.2, 0) is 26.3 Å². The predicted molar refractivity (Wildman–Crippen MR) is 106 cm³/mol. The molecule has 0 fully saturated rings. The molecule has 3 aromatic rings. The SMILES string of the molecule is CCc1ccc(C(=O)CSc2nc3sc4c(c3c(=O)n2C)CCC4)s1. The standard InChI is InChI=1S/C18H18N2O2S3/c1-3-10-7-8-14(24-10)12(21)9-23-18-19-16-15(17(22)20(18)2)11-5-4-6-13(11)25-16/h7-8H,3-6,9H2,1-2H3. The number of aromatic nitrogens is 2. The number of rotatable bonds is 5. The summed E-state index contributed by atoms with van der Waals surface area (Å²) < 4.78 is 1.59. The molecule has 3 aromatic heterocycles. The van der Waals surface area contributed by atoms with Gasteiger partial charge in [-0.2, -0.15) is 0 Å². The Balaban J connectivity index is 1.60. The molecule has 0 saturated carbocycles. The minimum absolute atomic E-state index is 0.0174. The van der Waals surface area contributed by atoms with Gasteiger partial charge in [-0.1, -0.05) is 18.7 Å². The third-order valence-electron chi connectivity index (χ3n) is 4.52. The minimum atomic E-state index is 0.0174. The van der Waals surface area contributed by atoms with Crippen LogP contribution in [0.25, 0.3) is 10.2 Å². The first-order chi connectivity index (χ1) is 12.1. The van der Waals surface area contributed by atoms with Crippen molar-refractivity contribution in [3.8, 4) is 0 Å². The zero-order valence-electron chi connectivity index (χ0n) is 14.1. The van der Waals surface area contributed by atoms with Gasteiger partial charge in [0.15, 0.2) is 10.9 Å². The first kappa shape index (κ1) is 17.0. The Morgan fingerprint density at radius 1 is 1.32 bits per heavy atom. The summed E-state index contributed by atoms with van der Waals surface area (Å²) in [5.74, 6) is 0.401. The van der Waals surface area contributed by atoms with E-state index >= 15 is 0 Å². The van der Waals surface area contributed by atoms with E-state index in [1.807, 2.05) is 12.1 Å². The largest absolute Gasteiger partial charge is 0.292 e. The lowest BCUT2D eigenvalue weighted by Gasteiger charge is -2.06. The molecule has 0 radical (unpaired) electrons. The van der Waals surface area contributed by atoms with E-state index in [4.69, 9.17) is 0 Å². The van der Waals surface area contributed by atoms with Gasteiger partial charge < -0.3 is 0 Å². The fraction of sp³-hybridized carbons (Fsp3) is 0.389. The number of nitrogens with zero attached hydrogens (tertiary/aromatic N) is 2. The highest BCUT2D eigenvalue weighted by molar-refractivity contribution is 7.99. The van der Waals surface area contributed by atoms with Crippen molar-refractivity contribution in [1.29, 1.82) is 0 Å². The molecule has 0 aromatic carbocycles. The molecule has 0 saturated heterocycles. The van der Waals surface area contributed by atoms with Gasteiger partial charge in [0.2, 0.25) is 0 Å². The van der Waals surface area contributed by atoms with Gasteiger partial charge in [-0.3, -0.25) is 14.2 Å². The third kappa shape index (κ3) is 2.98. The van der Waals surface area contributed by atoms with E-state index in [0.29, 0.717) is 10.9 Å². The fourth-order valence-electron chi connectivity index (χ4n) is 3.15. The van der Waals surface area contributed by atoms with Crippen molar-refractivity contribution in [2.24, 2.45) is 7.05 Å². The molecule has 25 heavy (non-hydrogen) atoms. The molecular formula is C18H18N2O2S3. The minimum Gasteiger partial charge on any atom is -0.292 e. The second-order valence-corrected chi connectivity index (χ2v) is 9.32. The number of thiophene rings is 2. The maximum Gasteiger partial charge on any atom is 0.262 e. The van der Waals surface area contributed by atoms with Crippen molar-refractivity contribution >= 4 is 50.4 Å². The van der Waals surface area contributed by atoms with E-state index in [-0.39, 0.29) is 11.3 Å². The quantitative estimate of drug-likeness (QED) is 0.374. The zero-order valence-corrected chi connectivity index (χ0v) is 16.6. The number of fused-ring (bicyclic) bond motifs is 3. The van der Waals surface area contributed by atoms with Crippen LogP contribution in [0.2, 0.25) is 0 Å². The summed E-state index contributed by atoms with van der Waals surface area (Å²) in [6.07, 6.45) is 4.11. The molecule has 0 spiro atoms. The normalized spacial score (nSPS) is 13.5. The van der Waals surface area contributed by atoms with Gasteiger partial charge in [0.1, 0.15) is 4.83 Å².